The zero-order valence-electron chi connectivity index (χ0n) is 8.00. The molecule has 1 rings (SSSR count). The number of aliphatic hydroxyl groups excluding tert-OH is 1. The summed E-state index contributed by atoms with van der Waals surface area (Å²) in [5.41, 5.74) is 1.17. The molecule has 0 amide bonds. The second-order valence-corrected chi connectivity index (χ2v) is 4.16. The van der Waals surface area contributed by atoms with Crippen LogP contribution in [0.4, 0.5) is 0 Å². The molecule has 0 spiro atoms. The van der Waals surface area contributed by atoms with Crippen LogP contribution in [0, 0.1) is 0 Å². The first-order valence-electron chi connectivity index (χ1n) is 4.49. The fraction of sp³-hybridized carbons (Fsp3) is 0.667. The Morgan fingerprint density at radius 2 is 2.31 bits per heavy atom. The quantitative estimate of drug-likeness (QED) is 0.885. The van der Waals surface area contributed by atoms with Crippen molar-refractivity contribution in [2.75, 3.05) is 6.61 Å². The van der Waals surface area contributed by atoms with Gasteiger partial charge >= 0.3 is 0 Å². The number of aliphatic hydroxyl groups is 1. The molecule has 0 aliphatic rings. The summed E-state index contributed by atoms with van der Waals surface area (Å²) in [5, 5.41) is 13.0. The first-order chi connectivity index (χ1) is 6.16. The lowest BCUT2D eigenvalue weighted by Gasteiger charge is -2.10. The molecule has 0 radical (unpaired) electrons. The van der Waals surface area contributed by atoms with Crippen molar-refractivity contribution >= 4 is 15.9 Å². The molecule has 0 saturated carbocycles. The minimum atomic E-state index is 0.232. The average molecular weight is 247 g/mol. The highest BCUT2D eigenvalue weighted by atomic mass is 79.9. The largest absolute Gasteiger partial charge is 0.396 e. The van der Waals surface area contributed by atoms with E-state index in [-0.39, 0.29) is 6.61 Å². The third-order valence-corrected chi connectivity index (χ3v) is 2.57. The van der Waals surface area contributed by atoms with Crippen molar-refractivity contribution in [2.24, 2.45) is 0 Å². The molecule has 13 heavy (non-hydrogen) atoms. The molecule has 0 aliphatic heterocycles. The molecule has 0 fully saturated rings. The summed E-state index contributed by atoms with van der Waals surface area (Å²) < 4.78 is 3.02. The first-order valence-corrected chi connectivity index (χ1v) is 5.29. The molecule has 0 saturated heterocycles. The summed E-state index contributed by atoms with van der Waals surface area (Å²) in [5.74, 6) is 0. The number of nitrogens with zero attached hydrogens (tertiary/aromatic N) is 2. The van der Waals surface area contributed by atoms with Gasteiger partial charge in [-0.25, -0.2) is 0 Å². The molecule has 1 N–H and O–H groups in total. The lowest BCUT2D eigenvalue weighted by molar-refractivity contribution is 0.286. The van der Waals surface area contributed by atoms with Crippen molar-refractivity contribution < 1.29 is 5.11 Å². The molecule has 1 aromatic rings. The lowest BCUT2D eigenvalue weighted by atomic mass is 10.2. The molecule has 3 nitrogen and oxygen atoms in total. The number of aromatic nitrogens is 2. The predicted octanol–water partition coefficient (Wildman–Crippen LogP) is 2.15. The average Bonchev–Trinajstić information content (AvgIpc) is 2.43. The van der Waals surface area contributed by atoms with Crippen LogP contribution in [0.15, 0.2) is 10.7 Å². The zero-order valence-corrected chi connectivity index (χ0v) is 9.58. The maximum absolute atomic E-state index is 8.74. The second-order valence-electron chi connectivity index (χ2n) is 3.30. The molecule has 0 bridgehead atoms. The molecule has 0 unspecified atom stereocenters. The van der Waals surface area contributed by atoms with E-state index in [2.05, 4.69) is 34.9 Å². The van der Waals surface area contributed by atoms with Crippen LogP contribution in [-0.2, 0) is 6.42 Å². The minimum absolute atomic E-state index is 0.232. The Balaban J connectivity index is 2.82. The van der Waals surface area contributed by atoms with Crippen molar-refractivity contribution in [3.63, 3.8) is 0 Å². The molecule has 1 heterocycles. The molecular weight excluding hydrogens is 232 g/mol. The fourth-order valence-corrected chi connectivity index (χ4v) is 1.76. The number of hydrogen-bond acceptors (Lipinski definition) is 2. The van der Waals surface area contributed by atoms with Gasteiger partial charge in [0.05, 0.1) is 16.4 Å². The summed E-state index contributed by atoms with van der Waals surface area (Å²) >= 11 is 3.45. The highest BCUT2D eigenvalue weighted by molar-refractivity contribution is 9.10. The van der Waals surface area contributed by atoms with Crippen LogP contribution in [0.1, 0.15) is 32.0 Å². The SMILES string of the molecule is CC(C)n1ncc(Br)c1CCCO. The molecule has 0 atom stereocenters. The van der Waals surface area contributed by atoms with E-state index in [1.165, 1.54) is 5.69 Å². The van der Waals surface area contributed by atoms with Crippen LogP contribution in [0.5, 0.6) is 0 Å². The van der Waals surface area contributed by atoms with Gasteiger partial charge in [0.15, 0.2) is 0 Å². The van der Waals surface area contributed by atoms with Crippen molar-refractivity contribution in [3.05, 3.63) is 16.4 Å². The summed E-state index contributed by atoms with van der Waals surface area (Å²) in [7, 11) is 0. The first kappa shape index (κ1) is 10.7. The third-order valence-electron chi connectivity index (χ3n) is 1.91. The highest BCUT2D eigenvalue weighted by Crippen LogP contribution is 2.20. The van der Waals surface area contributed by atoms with E-state index in [4.69, 9.17) is 5.11 Å². The van der Waals surface area contributed by atoms with Gasteiger partial charge in [0.25, 0.3) is 0 Å². The van der Waals surface area contributed by atoms with Gasteiger partial charge in [-0.2, -0.15) is 5.10 Å². The van der Waals surface area contributed by atoms with Gasteiger partial charge in [0.2, 0.25) is 0 Å². The zero-order chi connectivity index (χ0) is 9.84. The van der Waals surface area contributed by atoms with E-state index in [0.29, 0.717) is 6.04 Å². The Morgan fingerprint density at radius 1 is 1.62 bits per heavy atom. The topological polar surface area (TPSA) is 38.0 Å². The molecule has 1 aromatic heterocycles. The molecular formula is C9H15BrN2O. The Hall–Kier alpha value is -0.350. The van der Waals surface area contributed by atoms with Crippen LogP contribution in [0.2, 0.25) is 0 Å². The van der Waals surface area contributed by atoms with Crippen LogP contribution in [-0.4, -0.2) is 21.5 Å². The van der Waals surface area contributed by atoms with Crippen molar-refractivity contribution in [1.82, 2.24) is 9.78 Å². The van der Waals surface area contributed by atoms with E-state index in [1.807, 2.05) is 10.9 Å². The molecule has 74 valence electrons. The summed E-state index contributed by atoms with van der Waals surface area (Å²) in [6.45, 7) is 4.43. The van der Waals surface area contributed by atoms with Crippen LogP contribution < -0.4 is 0 Å². The van der Waals surface area contributed by atoms with Gasteiger partial charge in [0, 0.05) is 12.6 Å². The van der Waals surface area contributed by atoms with Gasteiger partial charge in [-0.1, -0.05) is 0 Å². The van der Waals surface area contributed by atoms with Crippen LogP contribution >= 0.6 is 15.9 Å². The number of rotatable bonds is 4. The highest BCUT2D eigenvalue weighted by Gasteiger charge is 2.10. The Labute approximate surface area is 86.9 Å². The van der Waals surface area contributed by atoms with Gasteiger partial charge in [-0.15, -0.1) is 0 Å². The predicted molar refractivity (Wildman–Crippen MR) is 55.7 cm³/mol. The van der Waals surface area contributed by atoms with Gasteiger partial charge in [-0.05, 0) is 42.6 Å². The van der Waals surface area contributed by atoms with Crippen LogP contribution in [0.3, 0.4) is 0 Å². The number of halogens is 1. The van der Waals surface area contributed by atoms with E-state index in [1.54, 1.807) is 0 Å². The van der Waals surface area contributed by atoms with E-state index >= 15 is 0 Å². The molecule has 0 aromatic carbocycles. The monoisotopic (exact) mass is 246 g/mol. The summed E-state index contributed by atoms with van der Waals surface area (Å²) in [4.78, 5) is 0. The van der Waals surface area contributed by atoms with Crippen LogP contribution in [0.25, 0.3) is 0 Å². The smallest absolute Gasteiger partial charge is 0.0635 e. The normalized spacial score (nSPS) is 11.2. The standard InChI is InChI=1S/C9H15BrN2O/c1-7(2)12-9(4-3-5-13)8(10)6-11-12/h6-7,13H,3-5H2,1-2H3. The Bertz CT molecular complexity index is 271. The molecule has 4 heteroatoms. The van der Waals surface area contributed by atoms with Gasteiger partial charge in [-0.3, -0.25) is 4.68 Å². The maximum atomic E-state index is 8.74. The van der Waals surface area contributed by atoms with Crippen molar-refractivity contribution in [2.45, 2.75) is 32.7 Å². The maximum Gasteiger partial charge on any atom is 0.0635 e. The van der Waals surface area contributed by atoms with E-state index < -0.39 is 0 Å². The minimum Gasteiger partial charge on any atom is -0.396 e. The van der Waals surface area contributed by atoms with E-state index in [0.717, 1.165) is 17.3 Å². The van der Waals surface area contributed by atoms with Gasteiger partial charge < -0.3 is 5.11 Å². The summed E-state index contributed by atoms with van der Waals surface area (Å²) in [6.07, 6.45) is 3.47. The fourth-order valence-electron chi connectivity index (χ4n) is 1.29. The molecule has 0 aliphatic carbocycles. The van der Waals surface area contributed by atoms with Crippen molar-refractivity contribution in [3.8, 4) is 0 Å². The Morgan fingerprint density at radius 3 is 2.85 bits per heavy atom. The lowest BCUT2D eigenvalue weighted by Crippen LogP contribution is -2.08. The van der Waals surface area contributed by atoms with Gasteiger partial charge in [0.1, 0.15) is 0 Å². The Kier molecular flexibility index (Phi) is 3.93. The number of hydrogen-bond donors (Lipinski definition) is 1. The second kappa shape index (κ2) is 4.77. The van der Waals surface area contributed by atoms with E-state index in [9.17, 15) is 0 Å². The third kappa shape index (κ3) is 2.54. The summed E-state index contributed by atoms with van der Waals surface area (Å²) in [6, 6.07) is 0.375. The van der Waals surface area contributed by atoms with Crippen molar-refractivity contribution in [1.29, 1.82) is 0 Å².